The van der Waals surface area contributed by atoms with Gasteiger partial charge in [-0.05, 0) is 42.5 Å². The van der Waals surface area contributed by atoms with Crippen LogP contribution in [0.4, 0.5) is 38.5 Å². The molecular weight excluding hydrogens is 429 g/mol. The predicted octanol–water partition coefficient (Wildman–Crippen LogP) is 4.55. The molecule has 0 heterocycles. The van der Waals surface area contributed by atoms with Crippen LogP contribution < -0.4 is 10.6 Å². The number of hydrogen-bond donors (Lipinski definition) is 2. The van der Waals surface area contributed by atoms with Crippen molar-refractivity contribution in [1.29, 1.82) is 0 Å². The molecule has 3 rings (SSSR count). The van der Waals surface area contributed by atoms with Gasteiger partial charge in [-0.3, -0.25) is 35.1 Å². The normalized spacial score (nSPS) is 10.3. The summed E-state index contributed by atoms with van der Waals surface area (Å²) in [6.45, 7) is 0. The summed E-state index contributed by atoms with van der Waals surface area (Å²) < 4.78 is 13.2. The lowest BCUT2D eigenvalue weighted by Gasteiger charge is -2.09. The first-order valence-electron chi connectivity index (χ1n) is 8.71. The van der Waals surface area contributed by atoms with Crippen molar-refractivity contribution in [3.05, 3.63) is 102 Å². The number of nitro benzene ring substituents is 3. The molecule has 0 spiro atoms. The zero-order chi connectivity index (χ0) is 23.4. The van der Waals surface area contributed by atoms with Crippen LogP contribution >= 0.6 is 0 Å². The first-order valence-corrected chi connectivity index (χ1v) is 8.71. The maximum atomic E-state index is 13.2. The topological polar surface area (TPSA) is 171 Å². The van der Waals surface area contributed by atoms with Gasteiger partial charge in [-0.2, -0.15) is 0 Å². The second-order valence-electron chi connectivity index (χ2n) is 6.30. The molecule has 0 unspecified atom stereocenters. The number of nitrogens with one attached hydrogen (secondary N) is 2. The second kappa shape index (κ2) is 8.83. The SMILES string of the molecule is O=C(Nc1cccc(F)c1)c1ccc(Nc2c([N+](=O)[O-])cc([N+](=O)[O-])cc2[N+](=O)[O-])cc1. The Morgan fingerprint density at radius 2 is 1.38 bits per heavy atom. The summed E-state index contributed by atoms with van der Waals surface area (Å²) in [5, 5.41) is 38.6. The van der Waals surface area contributed by atoms with E-state index in [1.807, 2.05) is 0 Å². The van der Waals surface area contributed by atoms with Gasteiger partial charge in [0.2, 0.25) is 0 Å². The fraction of sp³-hybridized carbons (Fsp3) is 0. The summed E-state index contributed by atoms with van der Waals surface area (Å²) in [7, 11) is 0. The van der Waals surface area contributed by atoms with Gasteiger partial charge in [-0.25, -0.2) is 4.39 Å². The highest BCUT2D eigenvalue weighted by molar-refractivity contribution is 6.04. The molecule has 162 valence electrons. The highest BCUT2D eigenvalue weighted by Crippen LogP contribution is 2.40. The zero-order valence-corrected chi connectivity index (χ0v) is 15.9. The monoisotopic (exact) mass is 441 g/mol. The van der Waals surface area contributed by atoms with E-state index in [2.05, 4.69) is 10.6 Å². The van der Waals surface area contributed by atoms with E-state index >= 15 is 0 Å². The Morgan fingerprint density at radius 3 is 1.88 bits per heavy atom. The van der Waals surface area contributed by atoms with Gasteiger partial charge in [0, 0.05) is 16.9 Å². The molecule has 3 aromatic rings. The van der Waals surface area contributed by atoms with Gasteiger partial charge in [0.25, 0.3) is 11.6 Å². The molecule has 0 bridgehead atoms. The largest absolute Gasteiger partial charge is 0.344 e. The molecule has 0 radical (unpaired) electrons. The number of nitrogens with zero attached hydrogens (tertiary/aromatic N) is 3. The Kier molecular flexibility index (Phi) is 6.00. The van der Waals surface area contributed by atoms with Crippen LogP contribution in [0, 0.1) is 36.2 Å². The van der Waals surface area contributed by atoms with Crippen LogP contribution in [0.5, 0.6) is 0 Å². The lowest BCUT2D eigenvalue weighted by molar-refractivity contribution is -0.401. The van der Waals surface area contributed by atoms with Crippen molar-refractivity contribution in [3.63, 3.8) is 0 Å². The molecule has 0 saturated heterocycles. The molecule has 0 aliphatic carbocycles. The Balaban J connectivity index is 1.89. The number of amides is 1. The van der Waals surface area contributed by atoms with Gasteiger partial charge in [0.05, 0.1) is 26.9 Å². The smallest absolute Gasteiger partial charge is 0.306 e. The molecule has 1 amide bonds. The molecule has 3 aromatic carbocycles. The average Bonchev–Trinajstić information content (AvgIpc) is 2.73. The Morgan fingerprint density at radius 1 is 0.781 bits per heavy atom. The van der Waals surface area contributed by atoms with E-state index in [1.165, 1.54) is 42.5 Å². The summed E-state index contributed by atoms with van der Waals surface area (Å²) in [5.74, 6) is -1.09. The number of carbonyl (C=O) groups excluding carboxylic acids is 1. The van der Waals surface area contributed by atoms with Crippen molar-refractivity contribution in [3.8, 4) is 0 Å². The molecule has 2 N–H and O–H groups in total. The van der Waals surface area contributed by atoms with E-state index in [4.69, 9.17) is 0 Å². The van der Waals surface area contributed by atoms with Gasteiger partial charge in [0.1, 0.15) is 5.82 Å². The first kappa shape index (κ1) is 21.8. The van der Waals surface area contributed by atoms with Crippen LogP contribution in [0.1, 0.15) is 10.4 Å². The molecule has 0 aliphatic rings. The van der Waals surface area contributed by atoms with Gasteiger partial charge in [-0.15, -0.1) is 0 Å². The number of carbonyl (C=O) groups is 1. The maximum absolute atomic E-state index is 13.2. The summed E-state index contributed by atoms with van der Waals surface area (Å²) in [4.78, 5) is 43.0. The Labute approximate surface area is 177 Å². The Hall–Kier alpha value is -4.94. The number of anilines is 3. The molecule has 0 atom stereocenters. The molecule has 0 aromatic heterocycles. The van der Waals surface area contributed by atoms with Crippen molar-refractivity contribution >= 4 is 40.0 Å². The fourth-order valence-corrected chi connectivity index (χ4v) is 2.74. The minimum absolute atomic E-state index is 0.146. The lowest BCUT2D eigenvalue weighted by atomic mass is 10.1. The van der Waals surface area contributed by atoms with Crippen LogP contribution in [-0.4, -0.2) is 20.7 Å². The van der Waals surface area contributed by atoms with Crippen LogP contribution in [0.3, 0.4) is 0 Å². The van der Waals surface area contributed by atoms with Crippen LogP contribution in [0.15, 0.2) is 60.7 Å². The standard InChI is InChI=1S/C19H12FN5O7/c20-12-2-1-3-14(8-12)22-19(26)11-4-6-13(7-5-11)21-18-16(24(29)30)9-15(23(27)28)10-17(18)25(31)32/h1-10,21H,(H,22,26). The van der Waals surface area contributed by atoms with Crippen molar-refractivity contribution < 1.29 is 24.0 Å². The third-order valence-electron chi connectivity index (χ3n) is 4.18. The predicted molar refractivity (Wildman–Crippen MR) is 110 cm³/mol. The number of nitro groups is 3. The summed E-state index contributed by atoms with van der Waals surface area (Å²) in [5.41, 5.74) is -2.55. The van der Waals surface area contributed by atoms with Crippen LogP contribution in [0.25, 0.3) is 0 Å². The number of hydrogen-bond acceptors (Lipinski definition) is 8. The minimum atomic E-state index is -0.983. The van der Waals surface area contributed by atoms with Crippen molar-refractivity contribution in [2.24, 2.45) is 0 Å². The first-order chi connectivity index (χ1) is 15.2. The molecular formula is C19H12FN5O7. The fourth-order valence-electron chi connectivity index (χ4n) is 2.74. The van der Waals surface area contributed by atoms with Crippen molar-refractivity contribution in [2.75, 3.05) is 10.6 Å². The molecule has 12 nitrogen and oxygen atoms in total. The van der Waals surface area contributed by atoms with E-state index in [0.717, 1.165) is 6.07 Å². The molecule has 32 heavy (non-hydrogen) atoms. The van der Waals surface area contributed by atoms with Gasteiger partial charge >= 0.3 is 11.4 Å². The summed E-state index contributed by atoms with van der Waals surface area (Å²) in [6, 6.07) is 11.8. The third-order valence-corrected chi connectivity index (χ3v) is 4.18. The second-order valence-corrected chi connectivity index (χ2v) is 6.30. The average molecular weight is 441 g/mol. The van der Waals surface area contributed by atoms with Gasteiger partial charge in [-0.1, -0.05) is 6.07 Å². The highest BCUT2D eigenvalue weighted by Gasteiger charge is 2.30. The van der Waals surface area contributed by atoms with E-state index < -0.39 is 49.2 Å². The van der Waals surface area contributed by atoms with Crippen molar-refractivity contribution in [1.82, 2.24) is 0 Å². The van der Waals surface area contributed by atoms with E-state index in [-0.39, 0.29) is 16.9 Å². The van der Waals surface area contributed by atoms with E-state index in [9.17, 15) is 39.5 Å². The van der Waals surface area contributed by atoms with Gasteiger partial charge < -0.3 is 10.6 Å². The highest BCUT2D eigenvalue weighted by atomic mass is 19.1. The lowest BCUT2D eigenvalue weighted by Crippen LogP contribution is -2.12. The van der Waals surface area contributed by atoms with Crippen molar-refractivity contribution in [2.45, 2.75) is 0 Å². The molecule has 13 heteroatoms. The minimum Gasteiger partial charge on any atom is -0.344 e. The Bertz CT molecular complexity index is 1210. The van der Waals surface area contributed by atoms with E-state index in [0.29, 0.717) is 12.1 Å². The van der Waals surface area contributed by atoms with Crippen LogP contribution in [-0.2, 0) is 0 Å². The molecule has 0 fully saturated rings. The number of halogens is 1. The van der Waals surface area contributed by atoms with Crippen LogP contribution in [0.2, 0.25) is 0 Å². The summed E-state index contributed by atoms with van der Waals surface area (Å²) >= 11 is 0. The van der Waals surface area contributed by atoms with E-state index in [1.54, 1.807) is 0 Å². The number of non-ortho nitro benzene ring substituents is 1. The quantitative estimate of drug-likeness (QED) is 0.397. The number of rotatable bonds is 7. The zero-order valence-electron chi connectivity index (χ0n) is 15.9. The molecule has 0 aliphatic heterocycles. The number of benzene rings is 3. The maximum Gasteiger partial charge on any atom is 0.306 e. The summed E-state index contributed by atoms with van der Waals surface area (Å²) in [6.07, 6.45) is 0. The third kappa shape index (κ3) is 4.79. The van der Waals surface area contributed by atoms with Gasteiger partial charge in [0.15, 0.2) is 5.69 Å². The molecule has 0 saturated carbocycles.